The van der Waals surface area contributed by atoms with E-state index in [4.69, 9.17) is 4.74 Å². The van der Waals surface area contributed by atoms with Crippen molar-refractivity contribution in [3.05, 3.63) is 81.0 Å². The van der Waals surface area contributed by atoms with Gasteiger partial charge in [0.05, 0.1) is 29.1 Å². The molecule has 0 spiro atoms. The Morgan fingerprint density at radius 1 is 1.25 bits per heavy atom. The van der Waals surface area contributed by atoms with Crippen molar-refractivity contribution in [3.63, 3.8) is 0 Å². The molecule has 1 N–H and O–H groups in total. The number of hydrogen-bond acceptors (Lipinski definition) is 8. The van der Waals surface area contributed by atoms with Gasteiger partial charge in [0.25, 0.3) is 5.69 Å². The Morgan fingerprint density at radius 2 is 1.94 bits per heavy atom. The molecule has 0 fully saturated rings. The van der Waals surface area contributed by atoms with E-state index in [-0.39, 0.29) is 33.4 Å². The first kappa shape index (κ1) is 27.2. The van der Waals surface area contributed by atoms with Gasteiger partial charge >= 0.3 is 5.97 Å². The fraction of sp³-hybridized carbons (Fsp3) is 0.333. The number of carbonyl (C=O) groups is 1. The maximum Gasteiger partial charge on any atom is 0.335 e. The third kappa shape index (κ3) is 6.05. The molecule has 0 bridgehead atoms. The zero-order chi connectivity index (χ0) is 26.5. The number of aliphatic carboxylic acids is 1. The van der Waals surface area contributed by atoms with Gasteiger partial charge in [-0.1, -0.05) is 49.4 Å². The van der Waals surface area contributed by atoms with E-state index in [2.05, 4.69) is 4.99 Å². The summed E-state index contributed by atoms with van der Waals surface area (Å²) in [4.78, 5) is 27.5. The summed E-state index contributed by atoms with van der Waals surface area (Å²) in [5.74, 6) is -0.524. The predicted molar refractivity (Wildman–Crippen MR) is 138 cm³/mol. The zero-order valence-corrected chi connectivity index (χ0v) is 21.7. The molecule has 0 aromatic heterocycles. The van der Waals surface area contributed by atoms with Crippen molar-refractivity contribution < 1.29 is 28.0 Å². The van der Waals surface area contributed by atoms with Crippen molar-refractivity contribution in [1.29, 1.82) is 0 Å². The maximum atomic E-state index is 13.6. The first-order valence-electron chi connectivity index (χ1n) is 11.1. The Morgan fingerprint density at radius 3 is 2.53 bits per heavy atom. The molecule has 0 saturated carbocycles. The van der Waals surface area contributed by atoms with Crippen LogP contribution in [0.5, 0.6) is 5.75 Å². The van der Waals surface area contributed by atoms with Crippen LogP contribution in [-0.4, -0.2) is 46.8 Å². The standard InChI is InChI=1S/C24H27N3O7S2/c1-4-5-13-36(32,33)26-22(18-7-6-8-19(14-18)27(30)31)21(23(28)29)16(2)25-24(26)35-15-17-9-11-20(34-3)12-10-17/h6-12,14,22H,4-5,13,15H2,1-3H3,(H,28,29). The molecule has 1 heterocycles. The van der Waals surface area contributed by atoms with Crippen LogP contribution in [-0.2, 0) is 20.6 Å². The number of carboxylic acid groups (broad SMARTS) is 1. The molecule has 0 amide bonds. The second-order valence-corrected chi connectivity index (χ2v) is 11.0. The zero-order valence-electron chi connectivity index (χ0n) is 20.1. The summed E-state index contributed by atoms with van der Waals surface area (Å²) in [7, 11) is -2.48. The largest absolute Gasteiger partial charge is 0.497 e. The summed E-state index contributed by atoms with van der Waals surface area (Å²) in [6, 6.07) is 11.3. The number of hydrogen-bond donors (Lipinski definition) is 1. The van der Waals surface area contributed by atoms with E-state index >= 15 is 0 Å². The number of aliphatic imine (C=N–C) groups is 1. The Kier molecular flexibility index (Phi) is 8.75. The highest BCUT2D eigenvalue weighted by atomic mass is 32.2. The number of nitro groups is 1. The van der Waals surface area contributed by atoms with Gasteiger partial charge in [-0.3, -0.25) is 10.1 Å². The minimum atomic E-state index is -4.04. The fourth-order valence-electron chi connectivity index (χ4n) is 3.73. The summed E-state index contributed by atoms with van der Waals surface area (Å²) < 4.78 is 33.4. The van der Waals surface area contributed by atoms with Gasteiger partial charge in [0.2, 0.25) is 10.0 Å². The molecule has 192 valence electrons. The van der Waals surface area contributed by atoms with Crippen LogP contribution in [0.3, 0.4) is 0 Å². The van der Waals surface area contributed by atoms with Gasteiger partial charge in [-0.05, 0) is 36.6 Å². The summed E-state index contributed by atoms with van der Waals surface area (Å²) in [5, 5.41) is 21.5. The van der Waals surface area contributed by atoms with Gasteiger partial charge in [0.1, 0.15) is 11.8 Å². The molecule has 0 aliphatic carbocycles. The third-order valence-corrected chi connectivity index (χ3v) is 8.49. The molecule has 0 radical (unpaired) electrons. The molecule has 1 aliphatic heterocycles. The van der Waals surface area contributed by atoms with E-state index in [0.717, 1.165) is 21.6 Å². The SMILES string of the molecule is CCCCS(=O)(=O)N1C(SCc2ccc(OC)cc2)=NC(C)=C(C(=O)O)C1c1cccc([N+](=O)[O-])c1. The molecular weight excluding hydrogens is 506 g/mol. The smallest absolute Gasteiger partial charge is 0.335 e. The highest BCUT2D eigenvalue weighted by Gasteiger charge is 2.42. The maximum absolute atomic E-state index is 13.6. The fourth-order valence-corrected chi connectivity index (χ4v) is 6.83. The lowest BCUT2D eigenvalue weighted by Gasteiger charge is -2.36. The molecule has 1 aliphatic rings. The van der Waals surface area contributed by atoms with Gasteiger partial charge in [-0.15, -0.1) is 0 Å². The minimum absolute atomic E-state index is 0.112. The third-order valence-electron chi connectivity index (χ3n) is 5.56. The van der Waals surface area contributed by atoms with E-state index in [1.165, 1.54) is 31.2 Å². The van der Waals surface area contributed by atoms with Crippen molar-refractivity contribution >= 4 is 38.6 Å². The number of amidine groups is 1. The highest BCUT2D eigenvalue weighted by molar-refractivity contribution is 8.14. The Labute approximate surface area is 213 Å². The number of nitrogens with zero attached hydrogens (tertiary/aromatic N) is 3. The van der Waals surface area contributed by atoms with Crippen molar-refractivity contribution in [2.24, 2.45) is 4.99 Å². The monoisotopic (exact) mass is 533 g/mol. The summed E-state index contributed by atoms with van der Waals surface area (Å²) in [6.45, 7) is 3.35. The lowest BCUT2D eigenvalue weighted by atomic mass is 9.96. The first-order chi connectivity index (χ1) is 17.1. The molecule has 2 aromatic carbocycles. The lowest BCUT2D eigenvalue weighted by Crippen LogP contribution is -2.44. The normalized spacial score (nSPS) is 16.0. The van der Waals surface area contributed by atoms with Crippen LogP contribution < -0.4 is 4.74 Å². The van der Waals surface area contributed by atoms with Crippen LogP contribution in [0.4, 0.5) is 5.69 Å². The molecule has 36 heavy (non-hydrogen) atoms. The van der Waals surface area contributed by atoms with Crippen LogP contribution in [0.25, 0.3) is 0 Å². The number of ether oxygens (including phenoxy) is 1. The Bertz CT molecular complexity index is 1310. The lowest BCUT2D eigenvalue weighted by molar-refractivity contribution is -0.384. The molecule has 1 unspecified atom stereocenters. The number of sulfonamides is 1. The second-order valence-electron chi connectivity index (χ2n) is 8.06. The molecule has 1 atom stereocenters. The number of unbranched alkanes of at least 4 members (excludes halogenated alkanes) is 1. The molecule has 0 saturated heterocycles. The number of allylic oxidation sites excluding steroid dienone is 1. The minimum Gasteiger partial charge on any atom is -0.497 e. The van der Waals surface area contributed by atoms with Gasteiger partial charge in [-0.25, -0.2) is 22.5 Å². The van der Waals surface area contributed by atoms with Crippen LogP contribution in [0.1, 0.15) is 43.9 Å². The van der Waals surface area contributed by atoms with E-state index in [1.807, 2.05) is 19.1 Å². The number of rotatable bonds is 10. The number of carboxylic acids is 1. The Balaban J connectivity index is 2.13. The first-order valence-corrected chi connectivity index (χ1v) is 13.7. The number of methoxy groups -OCH3 is 1. The summed E-state index contributed by atoms with van der Waals surface area (Å²) in [6.07, 6.45) is 0.975. The van der Waals surface area contributed by atoms with E-state index < -0.39 is 27.0 Å². The van der Waals surface area contributed by atoms with Crippen molar-refractivity contribution in [2.45, 2.75) is 38.5 Å². The van der Waals surface area contributed by atoms with Crippen molar-refractivity contribution in [2.75, 3.05) is 12.9 Å². The number of non-ortho nitro benzene ring substituents is 1. The molecule has 12 heteroatoms. The Hall–Kier alpha value is -3.38. The number of benzene rings is 2. The van der Waals surface area contributed by atoms with Crippen molar-refractivity contribution in [1.82, 2.24) is 4.31 Å². The second kappa shape index (κ2) is 11.6. The highest BCUT2D eigenvalue weighted by Crippen LogP contribution is 2.41. The van der Waals surface area contributed by atoms with Gasteiger partial charge in [0.15, 0.2) is 5.17 Å². The summed E-state index contributed by atoms with van der Waals surface area (Å²) >= 11 is 1.15. The predicted octanol–water partition coefficient (Wildman–Crippen LogP) is 4.74. The average molecular weight is 534 g/mol. The van der Waals surface area contributed by atoms with E-state index in [1.54, 1.807) is 19.2 Å². The summed E-state index contributed by atoms with van der Waals surface area (Å²) in [5.41, 5.74) is 0.684. The van der Waals surface area contributed by atoms with Crippen LogP contribution in [0.15, 0.2) is 64.8 Å². The van der Waals surface area contributed by atoms with Gasteiger partial charge in [0, 0.05) is 17.9 Å². The van der Waals surface area contributed by atoms with Gasteiger partial charge in [-0.2, -0.15) is 0 Å². The molecule has 2 aromatic rings. The van der Waals surface area contributed by atoms with Crippen molar-refractivity contribution in [3.8, 4) is 5.75 Å². The molecular formula is C24H27N3O7S2. The topological polar surface area (TPSA) is 139 Å². The number of thioether (sulfide) groups is 1. The van der Waals surface area contributed by atoms with Crippen LogP contribution in [0, 0.1) is 10.1 Å². The number of nitro benzene ring substituents is 1. The van der Waals surface area contributed by atoms with Crippen LogP contribution in [0.2, 0.25) is 0 Å². The van der Waals surface area contributed by atoms with E-state index in [0.29, 0.717) is 24.3 Å². The van der Waals surface area contributed by atoms with Gasteiger partial charge < -0.3 is 9.84 Å². The average Bonchev–Trinajstić information content (AvgIpc) is 2.85. The van der Waals surface area contributed by atoms with Crippen LogP contribution >= 0.6 is 11.8 Å². The molecule has 3 rings (SSSR count). The molecule has 10 nitrogen and oxygen atoms in total. The quantitative estimate of drug-likeness (QED) is 0.341. The van der Waals surface area contributed by atoms with E-state index in [9.17, 15) is 28.4 Å².